The fourth-order valence-corrected chi connectivity index (χ4v) is 5.10. The summed E-state index contributed by atoms with van der Waals surface area (Å²) in [5.41, 5.74) is 0.987. The molecular formula is C20H22N6O4. The van der Waals surface area contributed by atoms with E-state index in [0.29, 0.717) is 6.54 Å². The molecule has 2 aromatic heterocycles. The lowest BCUT2D eigenvalue weighted by Crippen LogP contribution is -2.75. The van der Waals surface area contributed by atoms with Crippen LogP contribution in [0, 0.1) is 5.41 Å². The number of nitrogens with one attached hydrogen (secondary N) is 2. The molecule has 5 rings (SSSR count). The summed E-state index contributed by atoms with van der Waals surface area (Å²) in [5, 5.41) is 8.78. The standard InChI is InChI=1S/C20H22N6O4/c1-10-9-26-15(11(2)30-10)20(17(27)23-19(29)24-18(20)28)7-12-6-13(8-21-16(12)26)14-4-5-22-25(14)3/h4-6,8,10-11,15H,7,9H2,1-3H3,(H2,23,24,27,28,29)/t10-,11+,15-/m1/s1. The van der Waals surface area contributed by atoms with E-state index in [1.54, 1.807) is 17.1 Å². The predicted molar refractivity (Wildman–Crippen MR) is 105 cm³/mol. The lowest BCUT2D eigenvalue weighted by molar-refractivity contribution is -0.153. The Bertz CT molecular complexity index is 1060. The van der Waals surface area contributed by atoms with Crippen LogP contribution in [0.2, 0.25) is 0 Å². The number of amides is 4. The number of aryl methyl sites for hydroxylation is 1. The van der Waals surface area contributed by atoms with E-state index in [1.165, 1.54) is 0 Å². The molecule has 1 spiro atoms. The molecule has 3 aliphatic rings. The van der Waals surface area contributed by atoms with E-state index >= 15 is 0 Å². The lowest BCUT2D eigenvalue weighted by atomic mass is 9.67. The van der Waals surface area contributed by atoms with Gasteiger partial charge in [0.05, 0.1) is 23.9 Å². The highest BCUT2D eigenvalue weighted by molar-refractivity contribution is 6.20. The Morgan fingerprint density at radius 1 is 1.20 bits per heavy atom. The Morgan fingerprint density at radius 3 is 2.60 bits per heavy atom. The van der Waals surface area contributed by atoms with Crippen LogP contribution in [-0.2, 0) is 27.8 Å². The minimum Gasteiger partial charge on any atom is -0.372 e. The fourth-order valence-electron chi connectivity index (χ4n) is 5.10. The molecule has 0 radical (unpaired) electrons. The quantitative estimate of drug-likeness (QED) is 0.652. The van der Waals surface area contributed by atoms with Gasteiger partial charge in [0.2, 0.25) is 11.8 Å². The number of anilines is 1. The Morgan fingerprint density at radius 2 is 1.93 bits per heavy atom. The van der Waals surface area contributed by atoms with Crippen molar-refractivity contribution in [1.29, 1.82) is 0 Å². The Kier molecular flexibility index (Phi) is 3.97. The van der Waals surface area contributed by atoms with Gasteiger partial charge in [-0.15, -0.1) is 0 Å². The molecule has 2 aromatic rings. The molecule has 3 atom stereocenters. The third kappa shape index (κ3) is 2.49. The zero-order chi connectivity index (χ0) is 21.2. The number of imide groups is 2. The summed E-state index contributed by atoms with van der Waals surface area (Å²) in [5.74, 6) is -0.475. The van der Waals surface area contributed by atoms with Gasteiger partial charge in [-0.2, -0.15) is 5.10 Å². The number of urea groups is 1. The van der Waals surface area contributed by atoms with Gasteiger partial charge in [0.15, 0.2) is 5.41 Å². The molecule has 2 N–H and O–H groups in total. The van der Waals surface area contributed by atoms with Crippen LogP contribution in [-0.4, -0.2) is 57.4 Å². The molecule has 2 fully saturated rings. The number of aromatic nitrogens is 3. The van der Waals surface area contributed by atoms with Crippen molar-refractivity contribution in [1.82, 2.24) is 25.4 Å². The van der Waals surface area contributed by atoms with E-state index in [4.69, 9.17) is 9.72 Å². The molecule has 2 saturated heterocycles. The van der Waals surface area contributed by atoms with Gasteiger partial charge in [0.1, 0.15) is 5.82 Å². The molecule has 0 aromatic carbocycles. The maximum atomic E-state index is 13.1. The van der Waals surface area contributed by atoms with Crippen LogP contribution in [0.15, 0.2) is 24.5 Å². The van der Waals surface area contributed by atoms with Crippen molar-refractivity contribution in [3.8, 4) is 11.3 Å². The highest BCUT2D eigenvalue weighted by atomic mass is 16.5. The van der Waals surface area contributed by atoms with Crippen molar-refractivity contribution < 1.29 is 19.1 Å². The highest BCUT2D eigenvalue weighted by Gasteiger charge is 2.63. The van der Waals surface area contributed by atoms with E-state index < -0.39 is 35.4 Å². The van der Waals surface area contributed by atoms with Crippen LogP contribution in [0.4, 0.5) is 10.6 Å². The Balaban J connectivity index is 1.69. The molecule has 4 amide bonds. The van der Waals surface area contributed by atoms with Gasteiger partial charge in [-0.1, -0.05) is 0 Å². The van der Waals surface area contributed by atoms with E-state index in [9.17, 15) is 14.4 Å². The van der Waals surface area contributed by atoms with Gasteiger partial charge < -0.3 is 9.64 Å². The zero-order valence-electron chi connectivity index (χ0n) is 16.9. The monoisotopic (exact) mass is 410 g/mol. The molecule has 0 aliphatic carbocycles. The van der Waals surface area contributed by atoms with E-state index in [-0.39, 0.29) is 12.5 Å². The second kappa shape index (κ2) is 6.36. The minimum atomic E-state index is -1.49. The molecule has 30 heavy (non-hydrogen) atoms. The van der Waals surface area contributed by atoms with Crippen molar-refractivity contribution in [2.24, 2.45) is 12.5 Å². The zero-order valence-corrected chi connectivity index (χ0v) is 16.9. The molecular weight excluding hydrogens is 388 g/mol. The first-order chi connectivity index (χ1) is 14.3. The number of hydrogen-bond donors (Lipinski definition) is 2. The number of nitrogens with zero attached hydrogens (tertiary/aromatic N) is 4. The third-order valence-electron chi connectivity index (χ3n) is 6.25. The fraction of sp³-hybridized carbons (Fsp3) is 0.450. The van der Waals surface area contributed by atoms with Crippen LogP contribution in [0.1, 0.15) is 19.4 Å². The van der Waals surface area contributed by atoms with Gasteiger partial charge in [0.25, 0.3) is 0 Å². The summed E-state index contributed by atoms with van der Waals surface area (Å²) in [6.45, 7) is 4.28. The Hall–Kier alpha value is -3.27. The number of fused-ring (bicyclic) bond motifs is 4. The Labute approximate surface area is 172 Å². The number of ether oxygens (including phenoxy) is 1. The lowest BCUT2D eigenvalue weighted by Gasteiger charge is -2.54. The topological polar surface area (TPSA) is 118 Å². The maximum Gasteiger partial charge on any atom is 0.328 e. The second-order valence-corrected chi connectivity index (χ2v) is 8.18. The first-order valence-electron chi connectivity index (χ1n) is 9.87. The third-order valence-corrected chi connectivity index (χ3v) is 6.25. The van der Waals surface area contributed by atoms with Crippen LogP contribution >= 0.6 is 0 Å². The van der Waals surface area contributed by atoms with E-state index in [0.717, 1.165) is 22.6 Å². The largest absolute Gasteiger partial charge is 0.372 e. The van der Waals surface area contributed by atoms with E-state index in [2.05, 4.69) is 15.7 Å². The molecule has 156 valence electrons. The SMILES string of the molecule is C[C@@H]1CN2c3ncc(-c4ccnn4C)cc3CC3(C(=O)NC(=O)NC3=O)[C@H]2[C@H](C)O1. The summed E-state index contributed by atoms with van der Waals surface area (Å²) in [4.78, 5) is 44.7. The van der Waals surface area contributed by atoms with Gasteiger partial charge in [-0.05, 0) is 31.5 Å². The molecule has 0 unspecified atom stereocenters. The van der Waals surface area contributed by atoms with Crippen LogP contribution in [0.25, 0.3) is 11.3 Å². The van der Waals surface area contributed by atoms with Gasteiger partial charge >= 0.3 is 6.03 Å². The summed E-state index contributed by atoms with van der Waals surface area (Å²) in [6, 6.07) is 2.44. The van der Waals surface area contributed by atoms with Crippen molar-refractivity contribution in [3.05, 3.63) is 30.1 Å². The van der Waals surface area contributed by atoms with Crippen molar-refractivity contribution in [3.63, 3.8) is 0 Å². The summed E-state index contributed by atoms with van der Waals surface area (Å²) < 4.78 is 7.73. The van der Waals surface area contributed by atoms with Crippen molar-refractivity contribution >= 4 is 23.7 Å². The number of carbonyl (C=O) groups is 3. The second-order valence-electron chi connectivity index (χ2n) is 8.18. The van der Waals surface area contributed by atoms with Crippen molar-refractivity contribution in [2.75, 3.05) is 11.4 Å². The average Bonchev–Trinajstić information content (AvgIpc) is 3.11. The molecule has 0 saturated carbocycles. The maximum absolute atomic E-state index is 13.1. The first kappa shape index (κ1) is 18.7. The van der Waals surface area contributed by atoms with Crippen LogP contribution < -0.4 is 15.5 Å². The van der Waals surface area contributed by atoms with Gasteiger partial charge in [-0.3, -0.25) is 24.9 Å². The van der Waals surface area contributed by atoms with Gasteiger partial charge in [-0.25, -0.2) is 9.78 Å². The molecule has 0 bridgehead atoms. The number of pyridine rings is 1. The number of carbonyl (C=O) groups excluding carboxylic acids is 3. The molecule has 10 heteroatoms. The van der Waals surface area contributed by atoms with E-state index in [1.807, 2.05) is 37.9 Å². The average molecular weight is 410 g/mol. The summed E-state index contributed by atoms with van der Waals surface area (Å²) in [6.07, 6.45) is 3.08. The molecule has 10 nitrogen and oxygen atoms in total. The predicted octanol–water partition coefficient (Wildman–Crippen LogP) is 0.373. The number of hydrogen-bond acceptors (Lipinski definition) is 7. The normalized spacial score (nSPS) is 27.4. The summed E-state index contributed by atoms with van der Waals surface area (Å²) >= 11 is 0. The number of barbiturate groups is 1. The molecule has 5 heterocycles. The summed E-state index contributed by atoms with van der Waals surface area (Å²) in [7, 11) is 1.84. The number of morpholine rings is 1. The van der Waals surface area contributed by atoms with Crippen molar-refractivity contribution in [2.45, 2.75) is 38.5 Å². The van der Waals surface area contributed by atoms with Gasteiger partial charge in [0, 0.05) is 38.0 Å². The first-order valence-corrected chi connectivity index (χ1v) is 9.87. The van der Waals surface area contributed by atoms with Crippen LogP contribution in [0.5, 0.6) is 0 Å². The minimum absolute atomic E-state index is 0.103. The molecule has 3 aliphatic heterocycles. The number of rotatable bonds is 1. The highest BCUT2D eigenvalue weighted by Crippen LogP contribution is 2.46. The van der Waals surface area contributed by atoms with Crippen LogP contribution in [0.3, 0.4) is 0 Å². The smallest absolute Gasteiger partial charge is 0.328 e.